The number of aromatic nitrogens is 4. The highest BCUT2D eigenvalue weighted by molar-refractivity contribution is 6.06. The van der Waals surface area contributed by atoms with Crippen molar-refractivity contribution in [1.82, 2.24) is 20.2 Å². The Bertz CT molecular complexity index is 1010. The van der Waals surface area contributed by atoms with Crippen LogP contribution in [0.1, 0.15) is 41.4 Å². The number of nitrogens with one attached hydrogen (secondary N) is 2. The molecule has 2 N–H and O–H groups in total. The molecule has 30 heavy (non-hydrogen) atoms. The number of rotatable bonds is 5. The zero-order chi connectivity index (χ0) is 21.1. The molecule has 0 atom stereocenters. The van der Waals surface area contributed by atoms with Gasteiger partial charge in [0.1, 0.15) is 5.82 Å². The van der Waals surface area contributed by atoms with Crippen LogP contribution in [0.15, 0.2) is 43.0 Å². The molecule has 156 valence electrons. The van der Waals surface area contributed by atoms with E-state index < -0.39 is 0 Å². The molecule has 1 aromatic carbocycles. The Morgan fingerprint density at radius 1 is 1.10 bits per heavy atom. The predicted molar refractivity (Wildman–Crippen MR) is 118 cm³/mol. The van der Waals surface area contributed by atoms with E-state index in [4.69, 9.17) is 0 Å². The summed E-state index contributed by atoms with van der Waals surface area (Å²) in [6, 6.07) is 6.29. The molecule has 3 heterocycles. The molecule has 0 radical (unpaired) electrons. The van der Waals surface area contributed by atoms with Gasteiger partial charge in [-0.15, -0.1) is 0 Å². The quantitative estimate of drug-likeness (QED) is 0.677. The lowest BCUT2D eigenvalue weighted by molar-refractivity contribution is 0.102. The van der Waals surface area contributed by atoms with Crippen molar-refractivity contribution in [2.24, 2.45) is 0 Å². The Balaban J connectivity index is 1.56. The fourth-order valence-electron chi connectivity index (χ4n) is 3.68. The van der Waals surface area contributed by atoms with Crippen LogP contribution in [0.4, 0.5) is 17.2 Å². The molecule has 0 saturated carbocycles. The van der Waals surface area contributed by atoms with E-state index in [1.54, 1.807) is 24.8 Å². The van der Waals surface area contributed by atoms with Crippen LogP contribution in [0.2, 0.25) is 0 Å². The van der Waals surface area contributed by atoms with Crippen molar-refractivity contribution in [1.29, 1.82) is 0 Å². The summed E-state index contributed by atoms with van der Waals surface area (Å²) >= 11 is 0. The van der Waals surface area contributed by atoms with E-state index in [2.05, 4.69) is 61.3 Å². The van der Waals surface area contributed by atoms with Crippen molar-refractivity contribution in [2.75, 3.05) is 41.3 Å². The summed E-state index contributed by atoms with van der Waals surface area (Å²) in [5.74, 6) is 1.15. The predicted octanol–water partition coefficient (Wildman–Crippen LogP) is 3.21. The maximum Gasteiger partial charge on any atom is 0.259 e. The fourth-order valence-corrected chi connectivity index (χ4v) is 3.68. The summed E-state index contributed by atoms with van der Waals surface area (Å²) in [7, 11) is 0. The van der Waals surface area contributed by atoms with E-state index in [9.17, 15) is 4.79 Å². The molecule has 0 bridgehead atoms. The molecular formula is C22H27N7O. The van der Waals surface area contributed by atoms with E-state index in [1.807, 2.05) is 13.0 Å². The van der Waals surface area contributed by atoms with Crippen LogP contribution in [-0.4, -0.2) is 52.3 Å². The number of piperazine rings is 1. The molecule has 0 aliphatic carbocycles. The third-order valence-corrected chi connectivity index (χ3v) is 5.51. The number of H-pyrrole nitrogens is 1. The highest BCUT2D eigenvalue weighted by atomic mass is 16.1. The molecule has 1 aliphatic rings. The lowest BCUT2D eigenvalue weighted by atomic mass is 10.0. The second-order valence-electron chi connectivity index (χ2n) is 7.83. The zero-order valence-electron chi connectivity index (χ0n) is 17.6. The van der Waals surface area contributed by atoms with Gasteiger partial charge in [0.2, 0.25) is 0 Å². The van der Waals surface area contributed by atoms with Gasteiger partial charge in [0.15, 0.2) is 0 Å². The Labute approximate surface area is 176 Å². The molecule has 8 heteroatoms. The SMILES string of the molecule is Cc1[nH]ncc1C(=O)Nc1ccc(C(C)C)cc1N1CCN(c2cnccn2)CC1. The number of amides is 1. The van der Waals surface area contributed by atoms with Gasteiger partial charge in [0, 0.05) is 44.3 Å². The van der Waals surface area contributed by atoms with Gasteiger partial charge in [0.05, 0.1) is 29.3 Å². The van der Waals surface area contributed by atoms with Gasteiger partial charge >= 0.3 is 0 Å². The molecule has 4 rings (SSSR count). The second-order valence-corrected chi connectivity index (χ2v) is 7.83. The van der Waals surface area contributed by atoms with Gasteiger partial charge in [-0.2, -0.15) is 5.10 Å². The van der Waals surface area contributed by atoms with Crippen molar-refractivity contribution in [3.05, 3.63) is 59.8 Å². The minimum absolute atomic E-state index is 0.155. The Hall–Kier alpha value is -3.42. The molecule has 2 aromatic heterocycles. The maximum absolute atomic E-state index is 12.8. The second kappa shape index (κ2) is 8.52. The number of aromatic amines is 1. The fraction of sp³-hybridized carbons (Fsp3) is 0.364. The van der Waals surface area contributed by atoms with E-state index in [-0.39, 0.29) is 5.91 Å². The molecule has 3 aromatic rings. The standard InChI is InChI=1S/C22H27N7O/c1-15(2)17-4-5-19(26-22(30)18-13-25-27-16(18)3)20(12-17)28-8-10-29(11-9-28)21-14-23-6-7-24-21/h4-7,12-15H,8-11H2,1-3H3,(H,25,27)(H,26,30). The number of aryl methyl sites for hydroxylation is 1. The number of carbonyl (C=O) groups is 1. The van der Waals surface area contributed by atoms with Crippen molar-refractivity contribution < 1.29 is 4.79 Å². The topological polar surface area (TPSA) is 90.0 Å². The first-order valence-electron chi connectivity index (χ1n) is 10.2. The van der Waals surface area contributed by atoms with Crippen LogP contribution in [0.25, 0.3) is 0 Å². The zero-order valence-corrected chi connectivity index (χ0v) is 17.6. The van der Waals surface area contributed by atoms with Gasteiger partial charge in [-0.25, -0.2) is 4.98 Å². The largest absolute Gasteiger partial charge is 0.366 e. The lowest BCUT2D eigenvalue weighted by Gasteiger charge is -2.37. The molecule has 1 amide bonds. The molecule has 1 saturated heterocycles. The normalized spacial score (nSPS) is 14.3. The van der Waals surface area contributed by atoms with Crippen molar-refractivity contribution in [3.8, 4) is 0 Å². The lowest BCUT2D eigenvalue weighted by Crippen LogP contribution is -2.47. The van der Waals surface area contributed by atoms with E-state index in [0.29, 0.717) is 11.5 Å². The minimum atomic E-state index is -0.155. The van der Waals surface area contributed by atoms with Crippen LogP contribution in [0, 0.1) is 6.92 Å². The summed E-state index contributed by atoms with van der Waals surface area (Å²) in [6.45, 7) is 9.57. The number of benzene rings is 1. The van der Waals surface area contributed by atoms with Gasteiger partial charge in [0.25, 0.3) is 5.91 Å². The molecular weight excluding hydrogens is 378 g/mol. The molecule has 1 aliphatic heterocycles. The van der Waals surface area contributed by atoms with Crippen molar-refractivity contribution in [2.45, 2.75) is 26.7 Å². The summed E-state index contributed by atoms with van der Waals surface area (Å²) in [5, 5.41) is 9.86. The van der Waals surface area contributed by atoms with Crippen LogP contribution >= 0.6 is 0 Å². The maximum atomic E-state index is 12.8. The first kappa shape index (κ1) is 19.9. The van der Waals surface area contributed by atoms with Crippen molar-refractivity contribution >= 4 is 23.1 Å². The molecule has 1 fully saturated rings. The average Bonchev–Trinajstić information content (AvgIpc) is 3.20. The Morgan fingerprint density at radius 3 is 2.50 bits per heavy atom. The first-order chi connectivity index (χ1) is 14.5. The van der Waals surface area contributed by atoms with Crippen LogP contribution < -0.4 is 15.1 Å². The summed E-state index contributed by atoms with van der Waals surface area (Å²) in [4.78, 5) is 25.9. The van der Waals surface area contributed by atoms with E-state index in [1.165, 1.54) is 5.56 Å². The van der Waals surface area contributed by atoms with E-state index >= 15 is 0 Å². The number of carbonyl (C=O) groups excluding carboxylic acids is 1. The van der Waals surface area contributed by atoms with Gasteiger partial charge < -0.3 is 15.1 Å². The highest BCUT2D eigenvalue weighted by Gasteiger charge is 2.22. The van der Waals surface area contributed by atoms with Gasteiger partial charge in [-0.05, 0) is 30.5 Å². The molecule has 0 unspecified atom stereocenters. The Kier molecular flexibility index (Phi) is 5.65. The smallest absolute Gasteiger partial charge is 0.259 e. The molecule has 8 nitrogen and oxygen atoms in total. The summed E-state index contributed by atoms with van der Waals surface area (Å²) in [6.07, 6.45) is 6.77. The van der Waals surface area contributed by atoms with Crippen LogP contribution in [-0.2, 0) is 0 Å². The van der Waals surface area contributed by atoms with Crippen molar-refractivity contribution in [3.63, 3.8) is 0 Å². The third kappa shape index (κ3) is 4.12. The van der Waals surface area contributed by atoms with Gasteiger partial charge in [-0.3, -0.25) is 14.9 Å². The summed E-state index contributed by atoms with van der Waals surface area (Å²) < 4.78 is 0. The van der Waals surface area contributed by atoms with Crippen LogP contribution in [0.5, 0.6) is 0 Å². The number of nitrogens with zero attached hydrogens (tertiary/aromatic N) is 5. The minimum Gasteiger partial charge on any atom is -0.366 e. The number of hydrogen-bond acceptors (Lipinski definition) is 6. The number of hydrogen-bond donors (Lipinski definition) is 2. The molecule has 0 spiro atoms. The third-order valence-electron chi connectivity index (χ3n) is 5.51. The van der Waals surface area contributed by atoms with Crippen LogP contribution in [0.3, 0.4) is 0 Å². The monoisotopic (exact) mass is 405 g/mol. The first-order valence-corrected chi connectivity index (χ1v) is 10.2. The Morgan fingerprint density at radius 2 is 1.87 bits per heavy atom. The summed E-state index contributed by atoms with van der Waals surface area (Å²) in [5.41, 5.74) is 4.43. The van der Waals surface area contributed by atoms with Gasteiger partial charge in [-0.1, -0.05) is 19.9 Å². The number of anilines is 3. The average molecular weight is 406 g/mol. The highest BCUT2D eigenvalue weighted by Crippen LogP contribution is 2.32. The van der Waals surface area contributed by atoms with E-state index in [0.717, 1.165) is 49.1 Å².